The van der Waals surface area contributed by atoms with Gasteiger partial charge in [-0.1, -0.05) is 29.8 Å². The van der Waals surface area contributed by atoms with E-state index in [2.05, 4.69) is 41.9 Å². The second-order valence-electron chi connectivity index (χ2n) is 5.14. The van der Waals surface area contributed by atoms with E-state index in [-0.39, 0.29) is 6.10 Å². The number of aliphatic hydroxyl groups is 1. The molecule has 17 heavy (non-hydrogen) atoms. The van der Waals surface area contributed by atoms with Crippen LogP contribution >= 0.6 is 15.9 Å². The van der Waals surface area contributed by atoms with E-state index in [1.165, 1.54) is 5.56 Å². The van der Waals surface area contributed by atoms with Crippen molar-refractivity contribution in [2.45, 2.75) is 39.2 Å². The van der Waals surface area contributed by atoms with E-state index in [0.717, 1.165) is 35.2 Å². The van der Waals surface area contributed by atoms with E-state index in [9.17, 15) is 5.11 Å². The zero-order valence-corrected chi connectivity index (χ0v) is 12.0. The molecule has 1 N–H and O–H groups in total. The van der Waals surface area contributed by atoms with Crippen LogP contribution in [0.1, 0.15) is 31.4 Å². The quantitative estimate of drug-likeness (QED) is 0.924. The second kappa shape index (κ2) is 5.40. The lowest BCUT2D eigenvalue weighted by Gasteiger charge is -2.15. The monoisotopic (exact) mass is 298 g/mol. The van der Waals surface area contributed by atoms with Crippen molar-refractivity contribution in [2.24, 2.45) is 5.92 Å². The maximum Gasteiger partial charge on any atom is 0.125 e. The van der Waals surface area contributed by atoms with E-state index < -0.39 is 0 Å². The first-order valence-electron chi connectivity index (χ1n) is 6.18. The van der Waals surface area contributed by atoms with Crippen LogP contribution in [0.4, 0.5) is 0 Å². The van der Waals surface area contributed by atoms with Crippen molar-refractivity contribution in [2.75, 3.05) is 6.61 Å². The highest BCUT2D eigenvalue weighted by molar-refractivity contribution is 9.10. The molecule has 1 aliphatic rings. The molecule has 0 saturated carbocycles. The van der Waals surface area contributed by atoms with Crippen LogP contribution < -0.4 is 4.74 Å². The molecule has 0 amide bonds. The molecule has 1 aromatic rings. The molecule has 0 aromatic heterocycles. The Morgan fingerprint density at radius 1 is 1.41 bits per heavy atom. The van der Waals surface area contributed by atoms with Gasteiger partial charge in [-0.05, 0) is 35.6 Å². The zero-order chi connectivity index (χ0) is 12.4. The lowest BCUT2D eigenvalue weighted by molar-refractivity contribution is 0.148. The molecule has 1 aromatic carbocycles. The minimum Gasteiger partial charge on any atom is -0.493 e. The molecule has 0 spiro atoms. The van der Waals surface area contributed by atoms with Crippen LogP contribution in [-0.4, -0.2) is 17.8 Å². The van der Waals surface area contributed by atoms with E-state index in [1.54, 1.807) is 0 Å². The fraction of sp³-hybridized carbons (Fsp3) is 0.571. The number of fused-ring (bicyclic) bond motifs is 1. The molecule has 0 saturated heterocycles. The summed E-state index contributed by atoms with van der Waals surface area (Å²) in [7, 11) is 0. The maximum atomic E-state index is 10.0. The molecular weight excluding hydrogens is 280 g/mol. The van der Waals surface area contributed by atoms with Crippen molar-refractivity contribution >= 4 is 15.9 Å². The molecule has 2 rings (SSSR count). The van der Waals surface area contributed by atoms with Crippen LogP contribution in [0.25, 0.3) is 0 Å². The van der Waals surface area contributed by atoms with Gasteiger partial charge in [0.15, 0.2) is 0 Å². The van der Waals surface area contributed by atoms with Crippen molar-refractivity contribution in [1.82, 2.24) is 0 Å². The Bertz CT molecular complexity index is 401. The second-order valence-corrected chi connectivity index (χ2v) is 6.05. The van der Waals surface area contributed by atoms with Crippen LogP contribution in [0.3, 0.4) is 0 Å². The minimum absolute atomic E-state index is 0.280. The molecule has 2 nitrogen and oxygen atoms in total. The summed E-state index contributed by atoms with van der Waals surface area (Å²) in [6, 6.07) is 4.17. The fourth-order valence-corrected chi connectivity index (χ4v) is 2.93. The Hall–Kier alpha value is -0.540. The largest absolute Gasteiger partial charge is 0.493 e. The summed E-state index contributed by atoms with van der Waals surface area (Å²) in [5, 5.41) is 10.0. The first-order chi connectivity index (χ1) is 8.06. The number of hydrogen-bond acceptors (Lipinski definition) is 2. The molecule has 1 unspecified atom stereocenters. The van der Waals surface area contributed by atoms with Crippen molar-refractivity contribution in [3.8, 4) is 5.75 Å². The minimum atomic E-state index is -0.280. The average Bonchev–Trinajstić information content (AvgIpc) is 2.63. The number of ether oxygens (including phenoxy) is 1. The third-order valence-electron chi connectivity index (χ3n) is 3.02. The Morgan fingerprint density at radius 3 is 2.88 bits per heavy atom. The third kappa shape index (κ3) is 3.23. The van der Waals surface area contributed by atoms with Gasteiger partial charge in [0, 0.05) is 17.3 Å². The van der Waals surface area contributed by atoms with Crippen molar-refractivity contribution < 1.29 is 9.84 Å². The Balaban J connectivity index is 2.15. The summed E-state index contributed by atoms with van der Waals surface area (Å²) < 4.78 is 6.74. The van der Waals surface area contributed by atoms with Crippen LogP contribution in [-0.2, 0) is 12.8 Å². The lowest BCUT2D eigenvalue weighted by atomic mass is 9.98. The Labute approximate surface area is 111 Å². The van der Waals surface area contributed by atoms with E-state index in [4.69, 9.17) is 4.74 Å². The first-order valence-corrected chi connectivity index (χ1v) is 6.97. The molecule has 1 atom stereocenters. The van der Waals surface area contributed by atoms with E-state index in [0.29, 0.717) is 12.3 Å². The summed E-state index contributed by atoms with van der Waals surface area (Å²) in [5.41, 5.74) is 2.38. The molecular formula is C14H19BrO2. The molecule has 94 valence electrons. The van der Waals surface area contributed by atoms with Gasteiger partial charge in [0.05, 0.1) is 12.7 Å². The van der Waals surface area contributed by atoms with E-state index >= 15 is 0 Å². The van der Waals surface area contributed by atoms with E-state index in [1.807, 2.05) is 0 Å². The number of aliphatic hydroxyl groups excluding tert-OH is 1. The highest BCUT2D eigenvalue weighted by Crippen LogP contribution is 2.34. The van der Waals surface area contributed by atoms with Crippen molar-refractivity contribution in [3.05, 3.63) is 27.7 Å². The van der Waals surface area contributed by atoms with Gasteiger partial charge in [-0.15, -0.1) is 0 Å². The highest BCUT2D eigenvalue weighted by atomic mass is 79.9. The van der Waals surface area contributed by atoms with Gasteiger partial charge in [-0.3, -0.25) is 0 Å². The molecule has 0 bridgehead atoms. The molecule has 1 heterocycles. The van der Waals surface area contributed by atoms with Crippen molar-refractivity contribution in [1.29, 1.82) is 0 Å². The topological polar surface area (TPSA) is 29.5 Å². The Kier molecular flexibility index (Phi) is 4.10. The zero-order valence-electron chi connectivity index (χ0n) is 10.4. The molecule has 0 aliphatic carbocycles. The van der Waals surface area contributed by atoms with Gasteiger partial charge in [-0.2, -0.15) is 0 Å². The van der Waals surface area contributed by atoms with Gasteiger partial charge in [0.2, 0.25) is 0 Å². The van der Waals surface area contributed by atoms with Gasteiger partial charge in [0.25, 0.3) is 0 Å². The molecule has 3 heteroatoms. The standard InChI is InChI=1S/C14H19BrO2/c1-9(2)5-13(16)8-11-7-12(15)6-10-3-4-17-14(10)11/h6-7,9,13,16H,3-5,8H2,1-2H3. The first kappa shape index (κ1) is 12.9. The highest BCUT2D eigenvalue weighted by Gasteiger charge is 2.19. The number of benzene rings is 1. The van der Waals surface area contributed by atoms with Gasteiger partial charge in [-0.25, -0.2) is 0 Å². The maximum absolute atomic E-state index is 10.0. The van der Waals surface area contributed by atoms with Crippen LogP contribution in [0.5, 0.6) is 5.75 Å². The van der Waals surface area contributed by atoms with Gasteiger partial charge < -0.3 is 9.84 Å². The fourth-order valence-electron chi connectivity index (χ4n) is 2.38. The van der Waals surface area contributed by atoms with Crippen LogP contribution in [0, 0.1) is 5.92 Å². The average molecular weight is 299 g/mol. The summed E-state index contributed by atoms with van der Waals surface area (Å²) in [5.74, 6) is 1.52. The molecule has 0 fully saturated rings. The van der Waals surface area contributed by atoms with Gasteiger partial charge in [0.1, 0.15) is 5.75 Å². The number of rotatable bonds is 4. The summed E-state index contributed by atoms with van der Waals surface area (Å²) >= 11 is 3.52. The predicted octanol–water partition coefficient (Wildman–Crippen LogP) is 3.33. The smallest absolute Gasteiger partial charge is 0.125 e. The lowest BCUT2D eigenvalue weighted by Crippen LogP contribution is -2.14. The van der Waals surface area contributed by atoms with Gasteiger partial charge >= 0.3 is 0 Å². The van der Waals surface area contributed by atoms with Crippen LogP contribution in [0.15, 0.2) is 16.6 Å². The molecule has 1 aliphatic heterocycles. The predicted molar refractivity (Wildman–Crippen MR) is 72.5 cm³/mol. The third-order valence-corrected chi connectivity index (χ3v) is 3.48. The van der Waals surface area contributed by atoms with Crippen LogP contribution in [0.2, 0.25) is 0 Å². The number of halogens is 1. The van der Waals surface area contributed by atoms with Crippen molar-refractivity contribution in [3.63, 3.8) is 0 Å². The summed E-state index contributed by atoms with van der Waals surface area (Å²) in [6.45, 7) is 5.02. The SMILES string of the molecule is CC(C)CC(O)Cc1cc(Br)cc2c1OCC2. The Morgan fingerprint density at radius 2 is 2.18 bits per heavy atom. The number of hydrogen-bond donors (Lipinski definition) is 1. The normalized spacial score (nSPS) is 15.8. The molecule has 0 radical (unpaired) electrons. The summed E-state index contributed by atoms with van der Waals surface area (Å²) in [4.78, 5) is 0. The summed E-state index contributed by atoms with van der Waals surface area (Å²) in [6.07, 6.45) is 2.21.